The molecular formula is C22H25N3O4. The van der Waals surface area contributed by atoms with Gasteiger partial charge >= 0.3 is 0 Å². The molecule has 7 heteroatoms. The van der Waals surface area contributed by atoms with E-state index >= 15 is 0 Å². The van der Waals surface area contributed by atoms with Crippen LogP contribution in [0.3, 0.4) is 0 Å². The summed E-state index contributed by atoms with van der Waals surface area (Å²) in [6, 6.07) is 13.3. The van der Waals surface area contributed by atoms with Gasteiger partial charge in [0, 0.05) is 19.1 Å². The summed E-state index contributed by atoms with van der Waals surface area (Å²) < 4.78 is 11.2. The van der Waals surface area contributed by atoms with Crippen LogP contribution in [0, 0.1) is 0 Å². The Morgan fingerprint density at radius 1 is 1.17 bits per heavy atom. The summed E-state index contributed by atoms with van der Waals surface area (Å²) in [5.41, 5.74) is 2.06. The van der Waals surface area contributed by atoms with E-state index < -0.39 is 6.10 Å². The second-order valence-corrected chi connectivity index (χ2v) is 7.34. The van der Waals surface area contributed by atoms with E-state index in [2.05, 4.69) is 21.6 Å². The third kappa shape index (κ3) is 3.85. The molecule has 152 valence electrons. The van der Waals surface area contributed by atoms with Gasteiger partial charge < -0.3 is 25.0 Å². The number of benzene rings is 2. The van der Waals surface area contributed by atoms with Crippen molar-refractivity contribution >= 4 is 23.2 Å². The van der Waals surface area contributed by atoms with Crippen molar-refractivity contribution in [2.24, 2.45) is 0 Å². The Morgan fingerprint density at radius 3 is 2.69 bits per heavy atom. The van der Waals surface area contributed by atoms with Gasteiger partial charge in [-0.2, -0.15) is 0 Å². The van der Waals surface area contributed by atoms with Crippen LogP contribution in [-0.2, 0) is 4.79 Å². The number of anilines is 2. The van der Waals surface area contributed by atoms with Gasteiger partial charge in [-0.1, -0.05) is 18.2 Å². The number of nitrogens with zero attached hydrogens (tertiary/aromatic N) is 1. The van der Waals surface area contributed by atoms with Gasteiger partial charge in [0.2, 0.25) is 0 Å². The zero-order valence-electron chi connectivity index (χ0n) is 16.6. The molecule has 0 bridgehead atoms. The molecule has 1 fully saturated rings. The minimum atomic E-state index is -0.624. The minimum Gasteiger partial charge on any atom is -0.495 e. The fraction of sp³-hybridized carbons (Fsp3) is 0.364. The smallest absolute Gasteiger partial charge is 0.265 e. The zero-order valence-corrected chi connectivity index (χ0v) is 16.6. The van der Waals surface area contributed by atoms with Gasteiger partial charge in [0.05, 0.1) is 24.0 Å². The molecule has 1 saturated heterocycles. The quantitative estimate of drug-likeness (QED) is 0.832. The van der Waals surface area contributed by atoms with Crippen LogP contribution in [0.2, 0.25) is 0 Å². The molecule has 2 aromatic carbocycles. The number of ether oxygens (including phenoxy) is 2. The third-order valence-electron chi connectivity index (χ3n) is 5.44. The van der Waals surface area contributed by atoms with E-state index in [0.29, 0.717) is 17.0 Å². The SMILES string of the molecule is COc1ccccc1N1CCC(NC(=O)c2cccc3c2OC(C)C(=O)N3)CC1. The molecule has 2 N–H and O–H groups in total. The first-order valence-electron chi connectivity index (χ1n) is 9.86. The van der Waals surface area contributed by atoms with E-state index in [4.69, 9.17) is 9.47 Å². The van der Waals surface area contributed by atoms with Gasteiger partial charge in [-0.3, -0.25) is 9.59 Å². The number of hydrogen-bond donors (Lipinski definition) is 2. The van der Waals surface area contributed by atoms with Crippen LogP contribution in [0.25, 0.3) is 0 Å². The number of methoxy groups -OCH3 is 1. The Morgan fingerprint density at radius 2 is 1.93 bits per heavy atom. The fourth-order valence-corrected chi connectivity index (χ4v) is 3.82. The Labute approximate surface area is 170 Å². The standard InChI is InChI=1S/C22H25N3O4/c1-14-21(26)24-17-7-5-6-16(20(17)29-14)22(27)23-15-10-12-25(13-11-15)18-8-3-4-9-19(18)28-2/h3-9,14-15H,10-13H2,1-2H3,(H,23,27)(H,24,26). The predicted octanol–water partition coefficient (Wildman–Crippen LogP) is 2.81. The van der Waals surface area contributed by atoms with Crippen molar-refractivity contribution in [3.05, 3.63) is 48.0 Å². The summed E-state index contributed by atoms with van der Waals surface area (Å²) >= 11 is 0. The lowest BCUT2D eigenvalue weighted by Gasteiger charge is -2.34. The molecule has 0 aliphatic carbocycles. The zero-order chi connectivity index (χ0) is 20.4. The van der Waals surface area contributed by atoms with Crippen LogP contribution in [-0.4, -0.2) is 44.2 Å². The summed E-state index contributed by atoms with van der Waals surface area (Å²) in [5.74, 6) is 0.905. The molecule has 0 radical (unpaired) electrons. The van der Waals surface area contributed by atoms with Crippen molar-refractivity contribution in [2.45, 2.75) is 31.9 Å². The Balaban J connectivity index is 1.41. The van der Waals surface area contributed by atoms with E-state index in [1.807, 2.05) is 18.2 Å². The second-order valence-electron chi connectivity index (χ2n) is 7.34. The number of carbonyl (C=O) groups is 2. The predicted molar refractivity (Wildman–Crippen MR) is 111 cm³/mol. The molecule has 0 saturated carbocycles. The summed E-state index contributed by atoms with van der Waals surface area (Å²) in [5, 5.41) is 5.90. The van der Waals surface area contributed by atoms with E-state index in [1.54, 1.807) is 32.2 Å². The van der Waals surface area contributed by atoms with Crippen LogP contribution in [0.1, 0.15) is 30.1 Å². The van der Waals surface area contributed by atoms with Gasteiger partial charge in [0.25, 0.3) is 11.8 Å². The number of para-hydroxylation sites is 3. The van der Waals surface area contributed by atoms with Crippen LogP contribution in [0.4, 0.5) is 11.4 Å². The summed E-state index contributed by atoms with van der Waals surface area (Å²) in [7, 11) is 1.68. The van der Waals surface area contributed by atoms with E-state index in [1.165, 1.54) is 0 Å². The van der Waals surface area contributed by atoms with Gasteiger partial charge in [0.15, 0.2) is 11.9 Å². The average molecular weight is 395 g/mol. The second kappa shape index (κ2) is 8.03. The molecular weight excluding hydrogens is 370 g/mol. The number of fused-ring (bicyclic) bond motifs is 1. The molecule has 7 nitrogen and oxygen atoms in total. The van der Waals surface area contributed by atoms with E-state index in [9.17, 15) is 9.59 Å². The van der Waals surface area contributed by atoms with E-state index in [-0.39, 0.29) is 17.9 Å². The van der Waals surface area contributed by atoms with Crippen molar-refractivity contribution in [1.29, 1.82) is 0 Å². The molecule has 0 aromatic heterocycles. The number of rotatable bonds is 4. The maximum Gasteiger partial charge on any atom is 0.265 e. The van der Waals surface area contributed by atoms with Gasteiger partial charge in [-0.15, -0.1) is 0 Å². The molecule has 1 atom stereocenters. The van der Waals surface area contributed by atoms with Gasteiger partial charge in [-0.05, 0) is 44.0 Å². The topological polar surface area (TPSA) is 79.9 Å². The van der Waals surface area contributed by atoms with Crippen LogP contribution < -0.4 is 25.0 Å². The van der Waals surface area contributed by atoms with Crippen molar-refractivity contribution in [3.8, 4) is 11.5 Å². The van der Waals surface area contributed by atoms with Crippen LogP contribution in [0.15, 0.2) is 42.5 Å². The van der Waals surface area contributed by atoms with Crippen LogP contribution in [0.5, 0.6) is 11.5 Å². The number of hydrogen-bond acceptors (Lipinski definition) is 5. The highest BCUT2D eigenvalue weighted by Gasteiger charge is 2.29. The molecule has 2 heterocycles. The molecule has 4 rings (SSSR count). The molecule has 2 amide bonds. The molecule has 2 aliphatic heterocycles. The van der Waals surface area contributed by atoms with Crippen molar-refractivity contribution < 1.29 is 19.1 Å². The summed E-state index contributed by atoms with van der Waals surface area (Å²) in [4.78, 5) is 27.0. The monoisotopic (exact) mass is 395 g/mol. The van der Waals surface area contributed by atoms with E-state index in [0.717, 1.165) is 37.4 Å². The Kier molecular flexibility index (Phi) is 5.29. The fourth-order valence-electron chi connectivity index (χ4n) is 3.82. The van der Waals surface area contributed by atoms with Crippen molar-refractivity contribution in [2.75, 3.05) is 30.4 Å². The minimum absolute atomic E-state index is 0.0833. The lowest BCUT2D eigenvalue weighted by atomic mass is 10.0. The highest BCUT2D eigenvalue weighted by molar-refractivity contribution is 6.04. The van der Waals surface area contributed by atoms with Crippen LogP contribution >= 0.6 is 0 Å². The maximum atomic E-state index is 12.9. The highest BCUT2D eigenvalue weighted by Crippen LogP contribution is 2.34. The number of piperidine rings is 1. The molecule has 29 heavy (non-hydrogen) atoms. The first-order valence-corrected chi connectivity index (χ1v) is 9.86. The molecule has 0 spiro atoms. The maximum absolute atomic E-state index is 12.9. The summed E-state index contributed by atoms with van der Waals surface area (Å²) in [6.45, 7) is 3.34. The third-order valence-corrected chi connectivity index (χ3v) is 5.44. The highest BCUT2D eigenvalue weighted by atomic mass is 16.5. The van der Waals surface area contributed by atoms with Gasteiger partial charge in [-0.25, -0.2) is 0 Å². The molecule has 1 unspecified atom stereocenters. The number of carbonyl (C=O) groups excluding carboxylic acids is 2. The van der Waals surface area contributed by atoms with Crippen molar-refractivity contribution in [1.82, 2.24) is 5.32 Å². The van der Waals surface area contributed by atoms with Crippen molar-refractivity contribution in [3.63, 3.8) is 0 Å². The lowest BCUT2D eigenvalue weighted by molar-refractivity contribution is -0.122. The lowest BCUT2D eigenvalue weighted by Crippen LogP contribution is -2.45. The number of nitrogens with one attached hydrogen (secondary N) is 2. The first-order chi connectivity index (χ1) is 14.1. The Bertz CT molecular complexity index is 922. The first kappa shape index (κ1) is 19.1. The molecule has 2 aromatic rings. The normalized spacial score (nSPS) is 19.0. The number of amides is 2. The largest absolute Gasteiger partial charge is 0.495 e. The van der Waals surface area contributed by atoms with Gasteiger partial charge in [0.1, 0.15) is 5.75 Å². The molecule has 2 aliphatic rings. The Hall–Kier alpha value is -3.22. The summed E-state index contributed by atoms with van der Waals surface area (Å²) in [6.07, 6.45) is 1.06. The average Bonchev–Trinajstić information content (AvgIpc) is 2.74.